The molecule has 1 heterocycles. The fourth-order valence-electron chi connectivity index (χ4n) is 2.26. The number of hydrogen-bond acceptors (Lipinski definition) is 3. The summed E-state index contributed by atoms with van der Waals surface area (Å²) in [5, 5.41) is 17.4. The maximum Gasteiger partial charge on any atom is 0.254 e. The Hall–Kier alpha value is -1.85. The summed E-state index contributed by atoms with van der Waals surface area (Å²) >= 11 is 6.18. The molecule has 1 atom stereocenters. The Morgan fingerprint density at radius 2 is 2.09 bits per heavy atom. The van der Waals surface area contributed by atoms with Crippen LogP contribution in [0.5, 0.6) is 0 Å². The number of benzene rings is 1. The van der Waals surface area contributed by atoms with Crippen LogP contribution in [0.4, 0.5) is 0 Å². The summed E-state index contributed by atoms with van der Waals surface area (Å²) in [5.41, 5.74) is 1.96. The van der Waals surface area contributed by atoms with Crippen LogP contribution >= 0.6 is 11.6 Å². The molecule has 1 unspecified atom stereocenters. The largest absolute Gasteiger partial charge is 0.393 e. The summed E-state index contributed by atoms with van der Waals surface area (Å²) < 4.78 is 1.65. The second kappa shape index (κ2) is 7.62. The Bertz CT molecular complexity index is 682. The predicted octanol–water partition coefficient (Wildman–Crippen LogP) is 2.97. The summed E-state index contributed by atoms with van der Waals surface area (Å²) in [6.07, 6.45) is 1.65. The first-order chi connectivity index (χ1) is 10.9. The number of carbonyl (C=O) groups is 1. The SMILES string of the molecule is Cc1c(C(=O)NCCC(O)C(C)C)cnn1-c1ccccc1Cl. The first kappa shape index (κ1) is 17.5. The van der Waals surface area contributed by atoms with Gasteiger partial charge in [-0.2, -0.15) is 5.10 Å². The Labute approximate surface area is 141 Å². The molecule has 2 rings (SSSR count). The summed E-state index contributed by atoms with van der Waals surface area (Å²) in [4.78, 5) is 12.3. The van der Waals surface area contributed by atoms with Crippen LogP contribution in [0.15, 0.2) is 30.5 Å². The molecule has 0 bridgehead atoms. The zero-order chi connectivity index (χ0) is 17.0. The molecule has 23 heavy (non-hydrogen) atoms. The third kappa shape index (κ3) is 4.12. The van der Waals surface area contributed by atoms with Crippen molar-refractivity contribution >= 4 is 17.5 Å². The van der Waals surface area contributed by atoms with Crippen molar-refractivity contribution in [1.82, 2.24) is 15.1 Å². The number of halogens is 1. The number of rotatable bonds is 6. The van der Waals surface area contributed by atoms with E-state index < -0.39 is 6.10 Å². The lowest BCUT2D eigenvalue weighted by Gasteiger charge is -2.14. The normalized spacial score (nSPS) is 12.4. The third-order valence-corrected chi connectivity index (χ3v) is 4.15. The molecule has 0 saturated heterocycles. The molecular formula is C17H22ClN3O2. The fraction of sp³-hybridized carbons (Fsp3) is 0.412. The minimum Gasteiger partial charge on any atom is -0.393 e. The van der Waals surface area contributed by atoms with E-state index in [2.05, 4.69) is 10.4 Å². The Balaban J connectivity index is 2.07. The quantitative estimate of drug-likeness (QED) is 0.852. The van der Waals surface area contributed by atoms with Gasteiger partial charge >= 0.3 is 0 Å². The number of nitrogens with zero attached hydrogens (tertiary/aromatic N) is 2. The molecule has 2 N–H and O–H groups in total. The van der Waals surface area contributed by atoms with E-state index in [9.17, 15) is 9.90 Å². The van der Waals surface area contributed by atoms with Gasteiger partial charge in [-0.3, -0.25) is 4.79 Å². The van der Waals surface area contributed by atoms with E-state index in [1.807, 2.05) is 39.0 Å². The van der Waals surface area contributed by atoms with Crippen LogP contribution in [0, 0.1) is 12.8 Å². The van der Waals surface area contributed by atoms with Gasteiger partial charge in [-0.05, 0) is 31.4 Å². The second-order valence-electron chi connectivity index (χ2n) is 5.86. The first-order valence-electron chi connectivity index (χ1n) is 7.67. The zero-order valence-electron chi connectivity index (χ0n) is 13.6. The van der Waals surface area contributed by atoms with E-state index in [-0.39, 0.29) is 11.8 Å². The van der Waals surface area contributed by atoms with E-state index in [4.69, 9.17) is 11.6 Å². The molecule has 0 aliphatic rings. The van der Waals surface area contributed by atoms with Gasteiger partial charge in [0, 0.05) is 6.54 Å². The second-order valence-corrected chi connectivity index (χ2v) is 6.27. The number of amides is 1. The molecule has 2 aromatic rings. The molecule has 0 spiro atoms. The summed E-state index contributed by atoms with van der Waals surface area (Å²) in [5.74, 6) is -0.0200. The van der Waals surface area contributed by atoms with Gasteiger partial charge in [0.25, 0.3) is 5.91 Å². The van der Waals surface area contributed by atoms with Crippen LogP contribution < -0.4 is 5.32 Å². The number of aliphatic hydroxyl groups is 1. The molecule has 0 saturated carbocycles. The lowest BCUT2D eigenvalue weighted by Crippen LogP contribution is -2.29. The number of aliphatic hydroxyl groups excluding tert-OH is 1. The van der Waals surface area contributed by atoms with Gasteiger partial charge in [0.1, 0.15) is 0 Å². The van der Waals surface area contributed by atoms with Crippen molar-refractivity contribution in [3.8, 4) is 5.69 Å². The van der Waals surface area contributed by atoms with Crippen molar-refractivity contribution < 1.29 is 9.90 Å². The number of carbonyl (C=O) groups excluding carboxylic acids is 1. The molecule has 5 nitrogen and oxygen atoms in total. The van der Waals surface area contributed by atoms with Gasteiger partial charge in [-0.1, -0.05) is 37.6 Å². The molecule has 0 fully saturated rings. The predicted molar refractivity (Wildman–Crippen MR) is 91.1 cm³/mol. The molecule has 0 aliphatic heterocycles. The van der Waals surface area contributed by atoms with Gasteiger partial charge in [0.15, 0.2) is 0 Å². The highest BCUT2D eigenvalue weighted by molar-refractivity contribution is 6.32. The topological polar surface area (TPSA) is 67.2 Å². The van der Waals surface area contributed by atoms with E-state index in [1.165, 1.54) is 6.20 Å². The fourth-order valence-corrected chi connectivity index (χ4v) is 2.48. The van der Waals surface area contributed by atoms with Crippen LogP contribution in [-0.4, -0.2) is 33.4 Å². The van der Waals surface area contributed by atoms with Gasteiger partial charge in [-0.25, -0.2) is 4.68 Å². The lowest BCUT2D eigenvalue weighted by molar-refractivity contribution is 0.0919. The number of para-hydroxylation sites is 1. The molecule has 6 heteroatoms. The first-order valence-corrected chi connectivity index (χ1v) is 8.05. The number of hydrogen-bond donors (Lipinski definition) is 2. The van der Waals surface area contributed by atoms with Gasteiger partial charge < -0.3 is 10.4 Å². The highest BCUT2D eigenvalue weighted by Crippen LogP contribution is 2.22. The number of nitrogens with one attached hydrogen (secondary N) is 1. The van der Waals surface area contributed by atoms with Crippen molar-refractivity contribution in [3.05, 3.63) is 46.7 Å². The van der Waals surface area contributed by atoms with Crippen LogP contribution in [-0.2, 0) is 0 Å². The molecular weight excluding hydrogens is 314 g/mol. The van der Waals surface area contributed by atoms with Gasteiger partial charge in [0.2, 0.25) is 0 Å². The summed E-state index contributed by atoms with van der Waals surface area (Å²) in [6, 6.07) is 7.35. The lowest BCUT2D eigenvalue weighted by atomic mass is 10.0. The molecule has 1 aromatic heterocycles. The van der Waals surface area contributed by atoms with E-state index in [1.54, 1.807) is 10.7 Å². The highest BCUT2D eigenvalue weighted by Gasteiger charge is 2.16. The maximum absolute atomic E-state index is 12.3. The van der Waals surface area contributed by atoms with Crippen LogP contribution in [0.3, 0.4) is 0 Å². The zero-order valence-corrected chi connectivity index (χ0v) is 14.3. The standard InChI is InChI=1S/C17H22ClN3O2/c1-11(2)16(22)8-9-19-17(23)13-10-20-21(12(13)3)15-7-5-4-6-14(15)18/h4-7,10-11,16,22H,8-9H2,1-3H3,(H,19,23). The molecule has 1 aromatic carbocycles. The molecule has 0 aliphatic carbocycles. The van der Waals surface area contributed by atoms with Crippen LogP contribution in [0.1, 0.15) is 36.3 Å². The van der Waals surface area contributed by atoms with E-state index >= 15 is 0 Å². The van der Waals surface area contributed by atoms with E-state index in [0.717, 1.165) is 11.4 Å². The van der Waals surface area contributed by atoms with Crippen molar-refractivity contribution in [2.45, 2.75) is 33.3 Å². The van der Waals surface area contributed by atoms with E-state index in [0.29, 0.717) is 23.6 Å². The summed E-state index contributed by atoms with van der Waals surface area (Å²) in [6.45, 7) is 6.15. The highest BCUT2D eigenvalue weighted by atomic mass is 35.5. The van der Waals surface area contributed by atoms with Crippen molar-refractivity contribution in [2.24, 2.45) is 5.92 Å². The third-order valence-electron chi connectivity index (χ3n) is 3.83. The van der Waals surface area contributed by atoms with Crippen LogP contribution in [0.2, 0.25) is 5.02 Å². The Morgan fingerprint density at radius 1 is 1.39 bits per heavy atom. The molecule has 1 amide bonds. The van der Waals surface area contributed by atoms with Crippen molar-refractivity contribution in [2.75, 3.05) is 6.54 Å². The minimum absolute atomic E-state index is 0.177. The Kier molecular flexibility index (Phi) is 5.80. The average Bonchev–Trinajstić information content (AvgIpc) is 2.89. The number of aromatic nitrogens is 2. The van der Waals surface area contributed by atoms with Crippen LogP contribution in [0.25, 0.3) is 5.69 Å². The molecule has 0 radical (unpaired) electrons. The van der Waals surface area contributed by atoms with Gasteiger partial charge in [0.05, 0.1) is 34.3 Å². The maximum atomic E-state index is 12.3. The Morgan fingerprint density at radius 3 is 2.74 bits per heavy atom. The minimum atomic E-state index is -0.415. The van der Waals surface area contributed by atoms with Gasteiger partial charge in [-0.15, -0.1) is 0 Å². The monoisotopic (exact) mass is 335 g/mol. The average molecular weight is 336 g/mol. The smallest absolute Gasteiger partial charge is 0.254 e. The van der Waals surface area contributed by atoms with Crippen molar-refractivity contribution in [3.63, 3.8) is 0 Å². The summed E-state index contributed by atoms with van der Waals surface area (Å²) in [7, 11) is 0. The molecule has 124 valence electrons. The van der Waals surface area contributed by atoms with Crippen molar-refractivity contribution in [1.29, 1.82) is 0 Å².